The highest BCUT2D eigenvalue weighted by atomic mass is 32.1. The van der Waals surface area contributed by atoms with Gasteiger partial charge in [0.2, 0.25) is 0 Å². The minimum absolute atomic E-state index is 0.0731. The number of thiocarbonyl (C=S) groups is 1. The minimum Gasteiger partial charge on any atom is -0.298 e. The molecule has 0 saturated carbocycles. The second-order valence-electron chi connectivity index (χ2n) is 5.47. The van der Waals surface area contributed by atoms with Gasteiger partial charge in [-0.3, -0.25) is 19.8 Å². The van der Waals surface area contributed by atoms with Crippen LogP contribution in [-0.4, -0.2) is 16.9 Å². The monoisotopic (exact) mass is 364 g/mol. The van der Waals surface area contributed by atoms with Crippen LogP contribution in [0, 0.1) is 0 Å². The third-order valence-electron chi connectivity index (χ3n) is 3.94. The Morgan fingerprint density at radius 3 is 2.60 bits per heavy atom. The van der Waals surface area contributed by atoms with E-state index < -0.39 is 11.8 Å². The Labute approximate surface area is 153 Å². The van der Waals surface area contributed by atoms with E-state index in [9.17, 15) is 9.59 Å². The number of amides is 2. The summed E-state index contributed by atoms with van der Waals surface area (Å²) in [6, 6.07) is 17.1. The van der Waals surface area contributed by atoms with Crippen LogP contribution in [0.25, 0.3) is 16.8 Å². The quantitative estimate of drug-likeness (QED) is 0.428. The Balaban J connectivity index is 1.84. The maximum Gasteiger partial charge on any atom is 0.270 e. The molecule has 1 N–H and O–H groups in total. The van der Waals surface area contributed by atoms with Gasteiger partial charge < -0.3 is 0 Å². The summed E-state index contributed by atoms with van der Waals surface area (Å²) in [5.41, 5.74) is 0.731. The second kappa shape index (κ2) is 6.23. The van der Waals surface area contributed by atoms with E-state index in [0.717, 1.165) is 15.6 Å². The summed E-state index contributed by atoms with van der Waals surface area (Å²) in [5, 5.41) is 6.50. The van der Waals surface area contributed by atoms with Gasteiger partial charge in [0.1, 0.15) is 5.57 Å². The number of hydrogen-bond acceptors (Lipinski definition) is 4. The van der Waals surface area contributed by atoms with Crippen LogP contribution in [0.2, 0.25) is 0 Å². The molecule has 0 radical (unpaired) electrons. The summed E-state index contributed by atoms with van der Waals surface area (Å²) in [7, 11) is 0. The molecule has 1 aliphatic heterocycles. The Bertz CT molecular complexity index is 1030. The zero-order valence-electron chi connectivity index (χ0n) is 12.9. The van der Waals surface area contributed by atoms with Gasteiger partial charge in [0.05, 0.1) is 5.69 Å². The first-order valence-electron chi connectivity index (χ1n) is 7.58. The molecule has 1 saturated heterocycles. The summed E-state index contributed by atoms with van der Waals surface area (Å²) in [6.07, 6.45) is 1.60. The largest absolute Gasteiger partial charge is 0.298 e. The fraction of sp³-hybridized carbons (Fsp3) is 0. The molecule has 4 nitrogen and oxygen atoms in total. The van der Waals surface area contributed by atoms with Crippen molar-refractivity contribution in [2.24, 2.45) is 0 Å². The molecule has 3 aromatic rings. The summed E-state index contributed by atoms with van der Waals surface area (Å²) in [5.74, 6) is -0.890. The Kier molecular flexibility index (Phi) is 3.91. The highest BCUT2D eigenvalue weighted by Gasteiger charge is 2.35. The highest BCUT2D eigenvalue weighted by molar-refractivity contribution is 7.80. The van der Waals surface area contributed by atoms with Crippen molar-refractivity contribution in [3.05, 3.63) is 70.4 Å². The van der Waals surface area contributed by atoms with Crippen molar-refractivity contribution in [3.8, 4) is 0 Å². The van der Waals surface area contributed by atoms with Gasteiger partial charge in [0, 0.05) is 10.3 Å². The normalized spacial score (nSPS) is 16.6. The first kappa shape index (κ1) is 15.7. The lowest BCUT2D eigenvalue weighted by molar-refractivity contribution is -0.122. The molecule has 25 heavy (non-hydrogen) atoms. The van der Waals surface area contributed by atoms with Gasteiger partial charge in [0.15, 0.2) is 5.11 Å². The molecule has 0 spiro atoms. The molecule has 1 aliphatic rings. The zero-order valence-corrected chi connectivity index (χ0v) is 14.6. The van der Waals surface area contributed by atoms with E-state index in [1.54, 1.807) is 6.08 Å². The van der Waals surface area contributed by atoms with Crippen molar-refractivity contribution in [2.45, 2.75) is 0 Å². The Hall–Kier alpha value is -2.83. The topological polar surface area (TPSA) is 49.4 Å². The first-order chi connectivity index (χ1) is 12.1. The molecule has 1 fully saturated rings. The van der Waals surface area contributed by atoms with Gasteiger partial charge >= 0.3 is 0 Å². The van der Waals surface area contributed by atoms with Gasteiger partial charge in [0.25, 0.3) is 11.8 Å². The SMILES string of the molecule is O=C1NC(=S)N(c2cccc3ccccc23)C(=O)C1=Cc1cccs1. The van der Waals surface area contributed by atoms with Crippen molar-refractivity contribution in [1.29, 1.82) is 0 Å². The molecule has 122 valence electrons. The van der Waals surface area contributed by atoms with Gasteiger partial charge in [-0.25, -0.2) is 0 Å². The molecule has 6 heteroatoms. The number of benzene rings is 2. The van der Waals surface area contributed by atoms with E-state index in [2.05, 4.69) is 5.32 Å². The predicted molar refractivity (Wildman–Crippen MR) is 104 cm³/mol. The lowest BCUT2D eigenvalue weighted by atomic mass is 10.1. The molecule has 2 aromatic carbocycles. The molecule has 0 bridgehead atoms. The maximum absolute atomic E-state index is 13.0. The fourth-order valence-electron chi connectivity index (χ4n) is 2.80. The molecule has 0 aliphatic carbocycles. The number of nitrogens with zero attached hydrogens (tertiary/aromatic N) is 1. The summed E-state index contributed by atoms with van der Waals surface area (Å²) in [4.78, 5) is 27.5. The van der Waals surface area contributed by atoms with Gasteiger partial charge in [-0.2, -0.15) is 0 Å². The number of nitrogens with one attached hydrogen (secondary N) is 1. The van der Waals surface area contributed by atoms with E-state index in [1.807, 2.05) is 60.0 Å². The first-order valence-corrected chi connectivity index (χ1v) is 8.86. The third-order valence-corrected chi connectivity index (χ3v) is 5.04. The summed E-state index contributed by atoms with van der Waals surface area (Å²) >= 11 is 6.74. The zero-order chi connectivity index (χ0) is 17.4. The maximum atomic E-state index is 13.0. The molecule has 1 aromatic heterocycles. The number of carbonyl (C=O) groups excluding carboxylic acids is 2. The van der Waals surface area contributed by atoms with E-state index in [4.69, 9.17) is 12.2 Å². The van der Waals surface area contributed by atoms with Crippen LogP contribution in [0.15, 0.2) is 65.6 Å². The second-order valence-corrected chi connectivity index (χ2v) is 6.84. The number of hydrogen-bond donors (Lipinski definition) is 1. The Morgan fingerprint density at radius 1 is 1.00 bits per heavy atom. The van der Waals surface area contributed by atoms with Crippen LogP contribution in [0.4, 0.5) is 5.69 Å². The lowest BCUT2D eigenvalue weighted by Crippen LogP contribution is -2.54. The van der Waals surface area contributed by atoms with Crippen molar-refractivity contribution in [2.75, 3.05) is 4.90 Å². The van der Waals surface area contributed by atoms with E-state index in [-0.39, 0.29) is 10.7 Å². The van der Waals surface area contributed by atoms with Crippen LogP contribution in [0.3, 0.4) is 0 Å². The predicted octanol–water partition coefficient (Wildman–Crippen LogP) is 3.73. The van der Waals surface area contributed by atoms with Gasteiger partial charge in [-0.05, 0) is 41.2 Å². The molecular weight excluding hydrogens is 352 g/mol. The number of fused-ring (bicyclic) bond motifs is 1. The van der Waals surface area contributed by atoms with Crippen molar-refractivity contribution in [3.63, 3.8) is 0 Å². The van der Waals surface area contributed by atoms with Crippen LogP contribution in [0.5, 0.6) is 0 Å². The molecule has 0 atom stereocenters. The minimum atomic E-state index is -0.472. The lowest BCUT2D eigenvalue weighted by Gasteiger charge is -2.29. The molecular formula is C19H12N2O2S2. The van der Waals surface area contributed by atoms with Crippen molar-refractivity contribution < 1.29 is 9.59 Å². The number of thiophene rings is 1. The molecule has 4 rings (SSSR count). The number of rotatable bonds is 2. The van der Waals surface area contributed by atoms with Crippen molar-refractivity contribution in [1.82, 2.24) is 5.32 Å². The smallest absolute Gasteiger partial charge is 0.270 e. The van der Waals surface area contributed by atoms with Gasteiger partial charge in [-0.15, -0.1) is 11.3 Å². The van der Waals surface area contributed by atoms with E-state index in [0.29, 0.717) is 5.69 Å². The molecule has 2 heterocycles. The van der Waals surface area contributed by atoms with E-state index >= 15 is 0 Å². The fourth-order valence-corrected chi connectivity index (χ4v) is 3.73. The van der Waals surface area contributed by atoms with E-state index in [1.165, 1.54) is 16.2 Å². The summed E-state index contributed by atoms with van der Waals surface area (Å²) < 4.78 is 0. The third kappa shape index (κ3) is 2.75. The number of anilines is 1. The molecule has 0 unspecified atom stereocenters. The highest BCUT2D eigenvalue weighted by Crippen LogP contribution is 2.30. The van der Waals surface area contributed by atoms with Crippen molar-refractivity contribution >= 4 is 63.0 Å². The molecule has 2 amide bonds. The van der Waals surface area contributed by atoms with Crippen LogP contribution < -0.4 is 10.2 Å². The van der Waals surface area contributed by atoms with Crippen LogP contribution in [0.1, 0.15) is 4.88 Å². The standard InChI is InChI=1S/C19H12N2O2S2/c22-17-15(11-13-7-4-10-25-13)18(23)21(19(24)20-17)16-9-3-6-12-5-1-2-8-14(12)16/h1-11H,(H,20,22,24). The van der Waals surface area contributed by atoms with Crippen LogP contribution >= 0.6 is 23.6 Å². The number of carbonyl (C=O) groups is 2. The Morgan fingerprint density at radius 2 is 1.80 bits per heavy atom. The average Bonchev–Trinajstić information content (AvgIpc) is 3.12. The van der Waals surface area contributed by atoms with Gasteiger partial charge in [-0.1, -0.05) is 42.5 Å². The average molecular weight is 364 g/mol. The van der Waals surface area contributed by atoms with Crippen LogP contribution in [-0.2, 0) is 9.59 Å². The summed E-state index contributed by atoms with van der Waals surface area (Å²) in [6.45, 7) is 0.